The lowest BCUT2D eigenvalue weighted by Gasteiger charge is -2.20. The summed E-state index contributed by atoms with van der Waals surface area (Å²) >= 11 is 0. The number of aliphatic hydroxyl groups is 2. The number of aromatic nitrogens is 4. The zero-order valence-electron chi connectivity index (χ0n) is 16.0. The van der Waals surface area contributed by atoms with Crippen molar-refractivity contribution in [1.29, 1.82) is 0 Å². The molecular weight excluding hydrogens is 425 g/mol. The molecule has 30 heavy (non-hydrogen) atoms. The maximum absolute atomic E-state index is 11.8. The topological polar surface area (TPSA) is 212 Å². The molecule has 15 heteroatoms. The van der Waals surface area contributed by atoms with Crippen molar-refractivity contribution in [1.82, 2.24) is 19.5 Å². The van der Waals surface area contributed by atoms with Gasteiger partial charge in [0, 0.05) is 0 Å². The second-order valence-corrected chi connectivity index (χ2v) is 8.20. The van der Waals surface area contributed by atoms with Crippen LogP contribution < -0.4 is 5.73 Å². The fourth-order valence-corrected chi connectivity index (χ4v) is 3.67. The molecule has 0 amide bonds. The van der Waals surface area contributed by atoms with Gasteiger partial charge in [-0.2, -0.15) is 0 Å². The Bertz CT molecular complexity index is 979. The number of anilines is 1. The number of rotatable bonds is 7. The van der Waals surface area contributed by atoms with Crippen LogP contribution >= 0.6 is 7.60 Å². The first kappa shape index (κ1) is 22.5. The minimum absolute atomic E-state index is 0.111. The van der Waals surface area contributed by atoms with Gasteiger partial charge in [-0.1, -0.05) is 0 Å². The van der Waals surface area contributed by atoms with Gasteiger partial charge in [-0.15, -0.1) is 0 Å². The number of carbonyl (C=O) groups excluding carboxylic acids is 1. The Morgan fingerprint density at radius 1 is 1.37 bits per heavy atom. The predicted octanol–water partition coefficient (Wildman–Crippen LogP) is -1.58. The molecule has 1 fully saturated rings. The molecule has 166 valence electrons. The molecule has 0 spiro atoms. The second-order valence-electron chi connectivity index (χ2n) is 6.55. The van der Waals surface area contributed by atoms with E-state index in [2.05, 4.69) is 19.7 Å². The van der Waals surface area contributed by atoms with Gasteiger partial charge in [0.25, 0.3) is 5.85 Å². The molecule has 0 aromatic carbocycles. The molecule has 0 radical (unpaired) electrons. The van der Waals surface area contributed by atoms with E-state index >= 15 is 0 Å². The Kier molecular flexibility index (Phi) is 6.38. The van der Waals surface area contributed by atoms with Gasteiger partial charge in [0.1, 0.15) is 29.7 Å². The number of carbonyl (C=O) groups is 1. The Balaban J connectivity index is 1.79. The SMILES string of the molecule is CCOC(=O)[C@@H](OC[C@H]1O[C@@H](n2cnc3c(N)nc(C)nc32)[C@H](O)[C@@H]1O)P(=O)(O)O. The number of aryl methyl sites for hydroxylation is 1. The minimum atomic E-state index is -5.00. The number of nitrogen functional groups attached to an aromatic ring is 1. The Morgan fingerprint density at radius 2 is 2.07 bits per heavy atom. The molecule has 1 aliphatic heterocycles. The molecule has 2 aromatic heterocycles. The van der Waals surface area contributed by atoms with E-state index < -0.39 is 50.6 Å². The van der Waals surface area contributed by atoms with E-state index in [1.165, 1.54) is 17.8 Å². The van der Waals surface area contributed by atoms with E-state index in [1.807, 2.05) is 0 Å². The lowest BCUT2D eigenvalue weighted by atomic mass is 10.1. The summed E-state index contributed by atoms with van der Waals surface area (Å²) in [6.45, 7) is 2.36. The fourth-order valence-electron chi connectivity index (χ4n) is 3.04. The molecule has 1 aliphatic rings. The van der Waals surface area contributed by atoms with Gasteiger partial charge in [-0.3, -0.25) is 9.13 Å². The second kappa shape index (κ2) is 8.51. The molecule has 6 N–H and O–H groups in total. The normalized spacial score (nSPS) is 25.5. The lowest BCUT2D eigenvalue weighted by Crippen LogP contribution is -2.36. The highest BCUT2D eigenvalue weighted by molar-refractivity contribution is 7.53. The Labute approximate surface area is 169 Å². The number of aliphatic hydroxyl groups excluding tert-OH is 2. The maximum atomic E-state index is 11.8. The first-order valence-corrected chi connectivity index (χ1v) is 10.5. The number of imidazole rings is 1. The highest BCUT2D eigenvalue weighted by atomic mass is 31.2. The third kappa shape index (κ3) is 4.30. The average Bonchev–Trinajstić information content (AvgIpc) is 3.17. The summed E-state index contributed by atoms with van der Waals surface area (Å²) in [5, 5.41) is 20.7. The van der Waals surface area contributed by atoms with Crippen LogP contribution in [0.4, 0.5) is 5.82 Å². The molecule has 0 aliphatic carbocycles. The smallest absolute Gasteiger partial charge is 0.365 e. The Hall–Kier alpha value is -2.19. The number of hydrogen-bond acceptors (Lipinski definition) is 11. The zero-order chi connectivity index (χ0) is 22.2. The molecule has 2 aromatic rings. The van der Waals surface area contributed by atoms with Crippen molar-refractivity contribution in [3.05, 3.63) is 12.2 Å². The van der Waals surface area contributed by atoms with Crippen molar-refractivity contribution in [3.8, 4) is 0 Å². The number of fused-ring (bicyclic) bond motifs is 1. The highest BCUT2D eigenvalue weighted by Gasteiger charge is 2.46. The van der Waals surface area contributed by atoms with Crippen LogP contribution in [0.2, 0.25) is 0 Å². The molecule has 1 saturated heterocycles. The summed E-state index contributed by atoms with van der Waals surface area (Å²) in [6.07, 6.45) is -4.01. The summed E-state index contributed by atoms with van der Waals surface area (Å²) in [4.78, 5) is 42.7. The van der Waals surface area contributed by atoms with E-state index in [0.29, 0.717) is 5.82 Å². The predicted molar refractivity (Wildman–Crippen MR) is 98.8 cm³/mol. The first-order chi connectivity index (χ1) is 14.0. The fraction of sp³-hybridized carbons (Fsp3) is 0.600. The molecule has 0 unspecified atom stereocenters. The largest absolute Gasteiger partial charge is 0.464 e. The maximum Gasteiger partial charge on any atom is 0.365 e. The standard InChI is InChI=1S/C15H22N5O9P/c1-3-27-14(23)15(30(24,25)26)28-4-7-9(21)10(22)13(29-7)20-5-17-8-11(16)18-6(2)19-12(8)20/h5,7,9-10,13,15,21-22H,3-4H2,1-2H3,(H2,16,18,19)(H2,24,25,26)/t7-,9-,10-,13-,15+/m1/s1. The van der Waals surface area contributed by atoms with Gasteiger partial charge in [-0.05, 0) is 13.8 Å². The monoisotopic (exact) mass is 447 g/mol. The van der Waals surface area contributed by atoms with E-state index in [-0.39, 0.29) is 23.6 Å². The average molecular weight is 447 g/mol. The number of hydrogen-bond donors (Lipinski definition) is 5. The third-order valence-corrected chi connectivity index (χ3v) is 5.35. The van der Waals surface area contributed by atoms with Gasteiger partial charge >= 0.3 is 13.6 Å². The molecule has 3 rings (SSSR count). The summed E-state index contributed by atoms with van der Waals surface area (Å²) in [5.41, 5.74) is 6.35. The van der Waals surface area contributed by atoms with Crippen LogP contribution in [-0.2, 0) is 23.6 Å². The van der Waals surface area contributed by atoms with Crippen LogP contribution in [0.5, 0.6) is 0 Å². The van der Waals surface area contributed by atoms with Gasteiger partial charge in [0.15, 0.2) is 17.7 Å². The van der Waals surface area contributed by atoms with Crippen LogP contribution in [0.1, 0.15) is 19.0 Å². The van der Waals surface area contributed by atoms with E-state index in [0.717, 1.165) is 0 Å². The molecule has 0 saturated carbocycles. The van der Waals surface area contributed by atoms with E-state index in [1.54, 1.807) is 6.92 Å². The quantitative estimate of drug-likeness (QED) is 0.240. The molecule has 0 bridgehead atoms. The summed E-state index contributed by atoms with van der Waals surface area (Å²) in [6, 6.07) is 0. The summed E-state index contributed by atoms with van der Waals surface area (Å²) < 4.78 is 28.1. The van der Waals surface area contributed by atoms with E-state index in [9.17, 15) is 29.4 Å². The van der Waals surface area contributed by atoms with Crippen molar-refractivity contribution in [2.24, 2.45) is 0 Å². The van der Waals surface area contributed by atoms with Crippen molar-refractivity contribution in [2.45, 2.75) is 44.2 Å². The molecule has 3 heterocycles. The van der Waals surface area contributed by atoms with Crippen LogP contribution in [0.3, 0.4) is 0 Å². The first-order valence-electron chi connectivity index (χ1n) is 8.86. The number of esters is 1. The van der Waals surface area contributed by atoms with Crippen molar-refractivity contribution in [2.75, 3.05) is 18.9 Å². The van der Waals surface area contributed by atoms with Gasteiger partial charge in [-0.25, -0.2) is 19.7 Å². The van der Waals surface area contributed by atoms with Gasteiger partial charge < -0.3 is 39.9 Å². The van der Waals surface area contributed by atoms with Crippen molar-refractivity contribution in [3.63, 3.8) is 0 Å². The summed E-state index contributed by atoms with van der Waals surface area (Å²) in [5.74, 6) is -2.95. The minimum Gasteiger partial charge on any atom is -0.464 e. The van der Waals surface area contributed by atoms with Crippen LogP contribution in [0.15, 0.2) is 6.33 Å². The number of nitrogens with two attached hydrogens (primary N) is 1. The Morgan fingerprint density at radius 3 is 2.70 bits per heavy atom. The van der Waals surface area contributed by atoms with Gasteiger partial charge in [0.2, 0.25) is 0 Å². The third-order valence-electron chi connectivity index (χ3n) is 4.38. The van der Waals surface area contributed by atoms with Crippen LogP contribution in [-0.4, -0.2) is 82.9 Å². The molecular formula is C15H22N5O9P. The molecule has 14 nitrogen and oxygen atoms in total. The van der Waals surface area contributed by atoms with Gasteiger partial charge in [0.05, 0.1) is 19.5 Å². The summed E-state index contributed by atoms with van der Waals surface area (Å²) in [7, 11) is -5.00. The lowest BCUT2D eigenvalue weighted by molar-refractivity contribution is -0.155. The van der Waals surface area contributed by atoms with E-state index in [4.69, 9.17) is 15.2 Å². The highest BCUT2D eigenvalue weighted by Crippen LogP contribution is 2.43. The zero-order valence-corrected chi connectivity index (χ0v) is 16.9. The molecule has 5 atom stereocenters. The number of ether oxygens (including phenoxy) is 3. The van der Waals surface area contributed by atoms with Crippen molar-refractivity contribution >= 4 is 30.5 Å². The van der Waals surface area contributed by atoms with Crippen LogP contribution in [0.25, 0.3) is 11.2 Å². The number of nitrogens with zero attached hydrogens (tertiary/aromatic N) is 4. The van der Waals surface area contributed by atoms with Crippen molar-refractivity contribution < 1.29 is 43.6 Å². The van der Waals surface area contributed by atoms with Crippen LogP contribution in [0, 0.1) is 6.92 Å².